The predicted molar refractivity (Wildman–Crippen MR) is 98.8 cm³/mol. The quantitative estimate of drug-likeness (QED) is 0.812. The highest BCUT2D eigenvalue weighted by Crippen LogP contribution is 2.27. The Labute approximate surface area is 156 Å². The second-order valence-electron chi connectivity index (χ2n) is 6.14. The van der Waals surface area contributed by atoms with Crippen LogP contribution >= 0.6 is 0 Å². The lowest BCUT2D eigenvalue weighted by Crippen LogP contribution is -2.23. The lowest BCUT2D eigenvalue weighted by molar-refractivity contribution is 0.0696. The van der Waals surface area contributed by atoms with E-state index in [1.54, 1.807) is 32.0 Å². The maximum atomic E-state index is 12.8. The molecule has 3 rings (SSSR count). The van der Waals surface area contributed by atoms with Crippen LogP contribution in [0.15, 0.2) is 41.3 Å². The van der Waals surface area contributed by atoms with Gasteiger partial charge in [0.2, 0.25) is 0 Å². The fraction of sp³-hybridized carbons (Fsp3) is 0.222. The highest BCUT2D eigenvalue weighted by Gasteiger charge is 2.25. The van der Waals surface area contributed by atoms with Gasteiger partial charge in [-0.2, -0.15) is 0 Å². The molecule has 0 aliphatic carbocycles. The number of amides is 1. The van der Waals surface area contributed by atoms with Crippen molar-refractivity contribution in [3.63, 3.8) is 0 Å². The molecule has 0 bridgehead atoms. The summed E-state index contributed by atoms with van der Waals surface area (Å²) in [6.45, 7) is 3.93. The van der Waals surface area contributed by atoms with Crippen molar-refractivity contribution in [1.29, 1.82) is 0 Å². The molecular formula is C18H18N2O6S. The van der Waals surface area contributed by atoms with Gasteiger partial charge in [-0.25, -0.2) is 18.0 Å². The van der Waals surface area contributed by atoms with Gasteiger partial charge in [0.15, 0.2) is 0 Å². The second kappa shape index (κ2) is 6.92. The van der Waals surface area contributed by atoms with Crippen molar-refractivity contribution < 1.29 is 27.9 Å². The molecule has 1 aliphatic rings. The van der Waals surface area contributed by atoms with Crippen LogP contribution in [0.3, 0.4) is 0 Å². The van der Waals surface area contributed by atoms with Crippen LogP contribution < -0.4 is 9.62 Å². The van der Waals surface area contributed by atoms with Crippen LogP contribution in [0, 0.1) is 13.8 Å². The minimum absolute atomic E-state index is 0.105. The normalized spacial score (nSPS) is 14.1. The molecule has 27 heavy (non-hydrogen) atoms. The van der Waals surface area contributed by atoms with Gasteiger partial charge < -0.3 is 9.84 Å². The molecule has 0 radical (unpaired) electrons. The highest BCUT2D eigenvalue weighted by atomic mass is 32.2. The number of hydrogen-bond donors (Lipinski definition) is 2. The number of carboxylic acid groups (broad SMARTS) is 1. The molecule has 0 unspecified atom stereocenters. The molecule has 1 aliphatic heterocycles. The summed E-state index contributed by atoms with van der Waals surface area (Å²) in [5.74, 6) is -1.20. The summed E-state index contributed by atoms with van der Waals surface area (Å²) in [6, 6.07) is 8.92. The summed E-state index contributed by atoms with van der Waals surface area (Å²) in [4.78, 5) is 24.2. The van der Waals surface area contributed by atoms with Crippen molar-refractivity contribution in [2.75, 3.05) is 22.8 Å². The number of benzene rings is 2. The minimum Gasteiger partial charge on any atom is -0.478 e. The second-order valence-corrected chi connectivity index (χ2v) is 7.79. The first-order valence-electron chi connectivity index (χ1n) is 8.11. The number of carbonyl (C=O) groups excluding carboxylic acids is 1. The van der Waals surface area contributed by atoms with Crippen LogP contribution in [0.4, 0.5) is 16.2 Å². The van der Waals surface area contributed by atoms with E-state index in [1.807, 2.05) is 0 Å². The van der Waals surface area contributed by atoms with Gasteiger partial charge in [-0.15, -0.1) is 0 Å². The first-order valence-corrected chi connectivity index (χ1v) is 9.59. The third-order valence-electron chi connectivity index (χ3n) is 4.33. The predicted octanol–water partition coefficient (Wildman–Crippen LogP) is 2.76. The lowest BCUT2D eigenvalue weighted by atomic mass is 10.1. The van der Waals surface area contributed by atoms with Crippen molar-refractivity contribution in [1.82, 2.24) is 0 Å². The van der Waals surface area contributed by atoms with Gasteiger partial charge in [0, 0.05) is 5.69 Å². The number of anilines is 2. The molecule has 142 valence electrons. The van der Waals surface area contributed by atoms with E-state index in [9.17, 15) is 23.1 Å². The van der Waals surface area contributed by atoms with Crippen molar-refractivity contribution in [3.05, 3.63) is 53.1 Å². The minimum atomic E-state index is -4.02. The van der Waals surface area contributed by atoms with E-state index in [0.29, 0.717) is 23.4 Å². The van der Waals surface area contributed by atoms with Crippen molar-refractivity contribution in [3.8, 4) is 0 Å². The maximum Gasteiger partial charge on any atom is 0.414 e. The van der Waals surface area contributed by atoms with Crippen LogP contribution in [0.5, 0.6) is 0 Å². The van der Waals surface area contributed by atoms with Gasteiger partial charge >= 0.3 is 12.1 Å². The van der Waals surface area contributed by atoms with Crippen LogP contribution in [0.25, 0.3) is 0 Å². The Balaban J connectivity index is 1.96. The van der Waals surface area contributed by atoms with Gasteiger partial charge in [-0.1, -0.05) is 6.07 Å². The number of carboxylic acids is 1. The van der Waals surface area contributed by atoms with Crippen LogP contribution in [-0.4, -0.2) is 38.7 Å². The average molecular weight is 390 g/mol. The molecule has 8 nitrogen and oxygen atoms in total. The number of carbonyl (C=O) groups is 2. The number of nitrogens with zero attached hydrogens (tertiary/aromatic N) is 1. The first kappa shape index (κ1) is 18.7. The number of aryl methyl sites for hydroxylation is 1. The first-order chi connectivity index (χ1) is 12.7. The van der Waals surface area contributed by atoms with Gasteiger partial charge in [0.25, 0.3) is 10.0 Å². The number of rotatable bonds is 5. The standard InChI is InChI=1S/C18H18N2O6S/c1-11-8-13(17(21)22)9-16(12(11)2)27(24,25)19-14-4-3-5-15(10-14)20-6-7-26-18(20)23/h3-5,8-10,19H,6-7H2,1-2H3,(H,21,22). The smallest absolute Gasteiger partial charge is 0.414 e. The lowest BCUT2D eigenvalue weighted by Gasteiger charge is -2.16. The van der Waals surface area contributed by atoms with E-state index in [2.05, 4.69) is 4.72 Å². The van der Waals surface area contributed by atoms with Gasteiger partial charge in [-0.3, -0.25) is 9.62 Å². The van der Waals surface area contributed by atoms with E-state index >= 15 is 0 Å². The van der Waals surface area contributed by atoms with Crippen LogP contribution in [-0.2, 0) is 14.8 Å². The zero-order valence-electron chi connectivity index (χ0n) is 14.7. The van der Waals surface area contributed by atoms with Crippen LogP contribution in [0.1, 0.15) is 21.5 Å². The summed E-state index contributed by atoms with van der Waals surface area (Å²) in [5, 5.41) is 9.20. The van der Waals surface area contributed by atoms with Gasteiger partial charge in [-0.05, 0) is 55.3 Å². The number of aromatic carboxylic acids is 1. The zero-order valence-corrected chi connectivity index (χ0v) is 15.5. The molecule has 0 saturated carbocycles. The van der Waals surface area contributed by atoms with Crippen molar-refractivity contribution >= 4 is 33.5 Å². The van der Waals surface area contributed by atoms with E-state index in [-0.39, 0.29) is 22.8 Å². The number of hydrogen-bond acceptors (Lipinski definition) is 5. The third kappa shape index (κ3) is 3.72. The largest absolute Gasteiger partial charge is 0.478 e. The molecule has 0 aromatic heterocycles. The molecule has 1 fully saturated rings. The van der Waals surface area contributed by atoms with Gasteiger partial charge in [0.05, 0.1) is 22.7 Å². The summed E-state index contributed by atoms with van der Waals surface area (Å²) in [5.41, 5.74) is 1.68. The Bertz CT molecular complexity index is 1030. The molecule has 0 spiro atoms. The zero-order chi connectivity index (χ0) is 19.8. The molecule has 0 atom stereocenters. The van der Waals surface area contributed by atoms with Crippen molar-refractivity contribution in [2.24, 2.45) is 0 Å². The Morgan fingerprint density at radius 1 is 1.22 bits per heavy atom. The molecule has 2 aromatic rings. The summed E-state index contributed by atoms with van der Waals surface area (Å²) in [6.07, 6.45) is -0.490. The molecule has 1 saturated heterocycles. The molecule has 2 aromatic carbocycles. The monoisotopic (exact) mass is 390 g/mol. The van der Waals surface area contributed by atoms with E-state index in [1.165, 1.54) is 17.0 Å². The Hall–Kier alpha value is -3.07. The van der Waals surface area contributed by atoms with E-state index in [4.69, 9.17) is 4.74 Å². The Kier molecular flexibility index (Phi) is 4.79. The number of nitrogens with one attached hydrogen (secondary N) is 1. The molecular weight excluding hydrogens is 372 g/mol. The number of cyclic esters (lactones) is 1. The average Bonchev–Trinajstić information content (AvgIpc) is 3.02. The van der Waals surface area contributed by atoms with Gasteiger partial charge in [0.1, 0.15) is 6.61 Å². The molecule has 9 heteroatoms. The molecule has 2 N–H and O–H groups in total. The fourth-order valence-electron chi connectivity index (χ4n) is 2.80. The highest BCUT2D eigenvalue weighted by molar-refractivity contribution is 7.92. The topological polar surface area (TPSA) is 113 Å². The van der Waals surface area contributed by atoms with Crippen LogP contribution in [0.2, 0.25) is 0 Å². The fourth-order valence-corrected chi connectivity index (χ4v) is 4.20. The molecule has 1 heterocycles. The Morgan fingerprint density at radius 3 is 2.59 bits per heavy atom. The summed E-state index contributed by atoms with van der Waals surface area (Å²) in [7, 11) is -4.02. The third-order valence-corrected chi connectivity index (χ3v) is 5.83. The summed E-state index contributed by atoms with van der Waals surface area (Å²) < 4.78 is 33.0. The van der Waals surface area contributed by atoms with Crippen molar-refractivity contribution in [2.45, 2.75) is 18.7 Å². The summed E-state index contributed by atoms with van der Waals surface area (Å²) >= 11 is 0. The molecule has 1 amide bonds. The number of sulfonamides is 1. The maximum absolute atomic E-state index is 12.8. The SMILES string of the molecule is Cc1cc(C(=O)O)cc(S(=O)(=O)Nc2cccc(N3CCOC3=O)c2)c1C. The van der Waals surface area contributed by atoms with E-state index in [0.717, 1.165) is 6.07 Å². The van der Waals surface area contributed by atoms with E-state index < -0.39 is 22.1 Å². The Morgan fingerprint density at radius 2 is 1.96 bits per heavy atom. The number of ether oxygens (including phenoxy) is 1.